The molecule has 0 aromatic heterocycles. The van der Waals surface area contributed by atoms with Crippen LogP contribution in [0.3, 0.4) is 0 Å². The highest BCUT2D eigenvalue weighted by atomic mass is 79.9. The zero-order chi connectivity index (χ0) is 15.1. The maximum absolute atomic E-state index is 6.00. The van der Waals surface area contributed by atoms with Gasteiger partial charge in [0.2, 0.25) is 0 Å². The lowest BCUT2D eigenvalue weighted by Crippen LogP contribution is -2.30. The first-order valence-electron chi connectivity index (χ1n) is 7.80. The van der Waals surface area contributed by atoms with E-state index in [4.69, 9.17) is 5.73 Å². The molecule has 0 heterocycles. The fraction of sp³-hybridized carbons (Fsp3) is 0.647. The van der Waals surface area contributed by atoms with Crippen molar-refractivity contribution in [2.75, 3.05) is 18.0 Å². The van der Waals surface area contributed by atoms with Crippen LogP contribution in [-0.4, -0.2) is 19.1 Å². The SMILES string of the molecule is CCC(CC)CN(CC)c1ccc(Br)cc1CC(C)N. The van der Waals surface area contributed by atoms with Crippen LogP contribution in [0.4, 0.5) is 5.69 Å². The molecule has 0 fully saturated rings. The van der Waals surface area contributed by atoms with Crippen molar-refractivity contribution in [3.05, 3.63) is 28.2 Å². The lowest BCUT2D eigenvalue weighted by molar-refractivity contribution is 0.485. The summed E-state index contributed by atoms with van der Waals surface area (Å²) in [6.07, 6.45) is 3.41. The van der Waals surface area contributed by atoms with Gasteiger partial charge in [0.05, 0.1) is 0 Å². The third-order valence-corrected chi connectivity index (χ3v) is 4.43. The van der Waals surface area contributed by atoms with Gasteiger partial charge >= 0.3 is 0 Å². The summed E-state index contributed by atoms with van der Waals surface area (Å²) in [5, 5.41) is 0. The summed E-state index contributed by atoms with van der Waals surface area (Å²) < 4.78 is 1.13. The fourth-order valence-corrected chi connectivity index (χ4v) is 3.04. The topological polar surface area (TPSA) is 29.3 Å². The Hall–Kier alpha value is -0.540. The lowest BCUT2D eigenvalue weighted by atomic mass is 10.0. The first-order chi connectivity index (χ1) is 9.51. The molecule has 2 nitrogen and oxygen atoms in total. The second-order valence-corrected chi connectivity index (χ2v) is 6.59. The number of nitrogens with zero attached hydrogens (tertiary/aromatic N) is 1. The fourth-order valence-electron chi connectivity index (χ4n) is 2.63. The molecule has 0 saturated carbocycles. The van der Waals surface area contributed by atoms with Gasteiger partial charge in [-0.3, -0.25) is 0 Å². The average molecular weight is 341 g/mol. The van der Waals surface area contributed by atoms with Crippen LogP contribution in [0.15, 0.2) is 22.7 Å². The van der Waals surface area contributed by atoms with Gasteiger partial charge in [0.15, 0.2) is 0 Å². The molecule has 0 spiro atoms. The van der Waals surface area contributed by atoms with Crippen molar-refractivity contribution in [3.8, 4) is 0 Å². The Morgan fingerprint density at radius 1 is 1.20 bits per heavy atom. The molecular weight excluding hydrogens is 312 g/mol. The molecule has 1 aromatic carbocycles. The number of nitrogens with two attached hydrogens (primary N) is 1. The number of benzene rings is 1. The van der Waals surface area contributed by atoms with E-state index in [9.17, 15) is 0 Å². The summed E-state index contributed by atoms with van der Waals surface area (Å²) in [7, 11) is 0. The second-order valence-electron chi connectivity index (χ2n) is 5.68. The summed E-state index contributed by atoms with van der Waals surface area (Å²) >= 11 is 3.58. The molecule has 0 aliphatic rings. The van der Waals surface area contributed by atoms with E-state index in [1.54, 1.807) is 0 Å². The van der Waals surface area contributed by atoms with Gasteiger partial charge in [0.1, 0.15) is 0 Å². The Morgan fingerprint density at radius 2 is 1.85 bits per heavy atom. The molecule has 20 heavy (non-hydrogen) atoms. The Morgan fingerprint density at radius 3 is 2.35 bits per heavy atom. The van der Waals surface area contributed by atoms with Gasteiger partial charge in [-0.1, -0.05) is 42.6 Å². The predicted molar refractivity (Wildman–Crippen MR) is 93.5 cm³/mol. The number of halogens is 1. The monoisotopic (exact) mass is 340 g/mol. The summed E-state index contributed by atoms with van der Waals surface area (Å²) in [5.41, 5.74) is 8.70. The molecular formula is C17H29BrN2. The number of rotatable bonds is 8. The number of hydrogen-bond donors (Lipinski definition) is 1. The molecule has 3 heteroatoms. The molecule has 0 radical (unpaired) electrons. The van der Waals surface area contributed by atoms with E-state index in [-0.39, 0.29) is 6.04 Å². The maximum atomic E-state index is 6.00. The molecule has 0 saturated heterocycles. The zero-order valence-corrected chi connectivity index (χ0v) is 14.9. The Bertz CT molecular complexity index is 400. The zero-order valence-electron chi connectivity index (χ0n) is 13.3. The average Bonchev–Trinajstić information content (AvgIpc) is 2.41. The normalized spacial score (nSPS) is 12.8. The number of anilines is 1. The smallest absolute Gasteiger partial charge is 0.0400 e. The van der Waals surface area contributed by atoms with Crippen LogP contribution in [0.2, 0.25) is 0 Å². The highest BCUT2D eigenvalue weighted by molar-refractivity contribution is 9.10. The van der Waals surface area contributed by atoms with E-state index in [0.29, 0.717) is 0 Å². The van der Waals surface area contributed by atoms with Gasteiger partial charge in [-0.2, -0.15) is 0 Å². The van der Waals surface area contributed by atoms with Crippen LogP contribution in [-0.2, 0) is 6.42 Å². The lowest BCUT2D eigenvalue weighted by Gasteiger charge is -2.30. The van der Waals surface area contributed by atoms with Crippen molar-refractivity contribution in [1.82, 2.24) is 0 Å². The minimum atomic E-state index is 0.190. The van der Waals surface area contributed by atoms with Crippen LogP contribution >= 0.6 is 15.9 Å². The molecule has 1 aromatic rings. The van der Waals surface area contributed by atoms with E-state index in [0.717, 1.165) is 29.9 Å². The summed E-state index contributed by atoms with van der Waals surface area (Å²) in [6.45, 7) is 11.1. The van der Waals surface area contributed by atoms with Gasteiger partial charge < -0.3 is 10.6 Å². The molecule has 1 atom stereocenters. The molecule has 0 amide bonds. The van der Waals surface area contributed by atoms with E-state index in [1.807, 2.05) is 0 Å². The summed E-state index contributed by atoms with van der Waals surface area (Å²) in [4.78, 5) is 2.50. The first-order valence-corrected chi connectivity index (χ1v) is 8.59. The van der Waals surface area contributed by atoms with E-state index in [2.05, 4.69) is 66.7 Å². The molecule has 2 N–H and O–H groups in total. The van der Waals surface area contributed by atoms with Gasteiger partial charge in [-0.05, 0) is 49.9 Å². The highest BCUT2D eigenvalue weighted by Gasteiger charge is 2.15. The Balaban J connectivity index is 3.01. The van der Waals surface area contributed by atoms with Crippen molar-refractivity contribution in [2.45, 2.75) is 53.0 Å². The highest BCUT2D eigenvalue weighted by Crippen LogP contribution is 2.27. The largest absolute Gasteiger partial charge is 0.371 e. The van der Waals surface area contributed by atoms with Gasteiger partial charge in [0, 0.05) is 29.3 Å². The Labute approximate surface area is 132 Å². The van der Waals surface area contributed by atoms with Crippen molar-refractivity contribution >= 4 is 21.6 Å². The van der Waals surface area contributed by atoms with Crippen molar-refractivity contribution in [2.24, 2.45) is 11.7 Å². The molecule has 0 bridgehead atoms. The van der Waals surface area contributed by atoms with Gasteiger partial charge in [-0.25, -0.2) is 0 Å². The Kier molecular flexibility index (Phi) is 7.60. The van der Waals surface area contributed by atoms with Crippen LogP contribution in [0.1, 0.15) is 46.1 Å². The first kappa shape index (κ1) is 17.5. The quantitative estimate of drug-likeness (QED) is 0.749. The van der Waals surface area contributed by atoms with Crippen LogP contribution < -0.4 is 10.6 Å². The molecule has 1 rings (SSSR count). The van der Waals surface area contributed by atoms with Gasteiger partial charge in [0.25, 0.3) is 0 Å². The molecule has 114 valence electrons. The van der Waals surface area contributed by atoms with E-state index < -0.39 is 0 Å². The minimum absolute atomic E-state index is 0.190. The number of hydrogen-bond acceptors (Lipinski definition) is 2. The molecule has 1 unspecified atom stereocenters. The van der Waals surface area contributed by atoms with Gasteiger partial charge in [-0.15, -0.1) is 0 Å². The van der Waals surface area contributed by atoms with Crippen LogP contribution in [0, 0.1) is 5.92 Å². The van der Waals surface area contributed by atoms with Crippen molar-refractivity contribution < 1.29 is 0 Å². The minimum Gasteiger partial charge on any atom is -0.371 e. The third-order valence-electron chi connectivity index (χ3n) is 3.94. The van der Waals surface area contributed by atoms with Crippen LogP contribution in [0.25, 0.3) is 0 Å². The maximum Gasteiger partial charge on any atom is 0.0400 e. The third kappa shape index (κ3) is 5.10. The van der Waals surface area contributed by atoms with E-state index in [1.165, 1.54) is 24.1 Å². The standard InChI is InChI=1S/C17H29BrN2/c1-5-14(6-2)12-20(7-3)17-9-8-16(18)11-15(17)10-13(4)19/h8-9,11,13-14H,5-7,10,12,19H2,1-4H3. The predicted octanol–water partition coefficient (Wildman–Crippen LogP) is 4.60. The summed E-state index contributed by atoms with van der Waals surface area (Å²) in [6, 6.07) is 6.77. The summed E-state index contributed by atoms with van der Waals surface area (Å²) in [5.74, 6) is 0.766. The second kappa shape index (κ2) is 8.68. The molecule has 0 aliphatic heterocycles. The van der Waals surface area contributed by atoms with Crippen molar-refractivity contribution in [1.29, 1.82) is 0 Å². The van der Waals surface area contributed by atoms with E-state index >= 15 is 0 Å². The van der Waals surface area contributed by atoms with Crippen LogP contribution in [0.5, 0.6) is 0 Å². The van der Waals surface area contributed by atoms with Crippen molar-refractivity contribution in [3.63, 3.8) is 0 Å². The molecule has 0 aliphatic carbocycles.